The first-order valence-electron chi connectivity index (χ1n) is 5.73. The van der Waals surface area contributed by atoms with Crippen molar-refractivity contribution in [1.82, 2.24) is 0 Å². The van der Waals surface area contributed by atoms with Crippen molar-refractivity contribution in [3.05, 3.63) is 53.6 Å². The number of hydrogen-bond donors (Lipinski definition) is 1. The van der Waals surface area contributed by atoms with E-state index in [9.17, 15) is 5.11 Å². The Morgan fingerprint density at radius 3 is 2.39 bits per heavy atom. The molecule has 2 nitrogen and oxygen atoms in total. The van der Waals surface area contributed by atoms with Crippen LogP contribution in [0.2, 0.25) is 0 Å². The number of nitriles is 1. The van der Waals surface area contributed by atoms with Gasteiger partial charge in [-0.3, -0.25) is 0 Å². The molecule has 0 atom stereocenters. The van der Waals surface area contributed by atoms with Gasteiger partial charge in [0.1, 0.15) is 5.75 Å². The molecule has 0 aliphatic heterocycles. The lowest BCUT2D eigenvalue weighted by Gasteiger charge is -2.06. The highest BCUT2D eigenvalue weighted by Crippen LogP contribution is 2.31. The van der Waals surface area contributed by atoms with E-state index in [4.69, 9.17) is 5.26 Å². The van der Waals surface area contributed by atoms with E-state index in [0.29, 0.717) is 11.3 Å². The summed E-state index contributed by atoms with van der Waals surface area (Å²) in [6.07, 6.45) is 0.813. The summed E-state index contributed by atoms with van der Waals surface area (Å²) in [7, 11) is 0. The van der Waals surface area contributed by atoms with Gasteiger partial charge >= 0.3 is 0 Å². The average Bonchev–Trinajstić information content (AvgIpc) is 2.42. The van der Waals surface area contributed by atoms with E-state index in [2.05, 4.69) is 6.07 Å². The van der Waals surface area contributed by atoms with Gasteiger partial charge in [-0.05, 0) is 54.4 Å². The molecule has 0 fully saturated rings. The average molecular weight is 255 g/mol. The molecule has 0 bridgehead atoms. The zero-order valence-electron chi connectivity index (χ0n) is 10.1. The van der Waals surface area contributed by atoms with Crippen LogP contribution in [0, 0.1) is 11.3 Å². The Bertz CT molecular complexity index is 584. The molecular formula is C15H13NOS. The van der Waals surface area contributed by atoms with Crippen LogP contribution in [0.5, 0.6) is 5.75 Å². The normalized spacial score (nSPS) is 10.0. The predicted molar refractivity (Wildman–Crippen MR) is 72.8 cm³/mol. The molecule has 2 aromatic rings. The quantitative estimate of drug-likeness (QED) is 0.902. The zero-order chi connectivity index (χ0) is 13.0. The minimum Gasteiger partial charge on any atom is -0.508 e. The third-order valence-corrected chi connectivity index (χ3v) is 3.65. The lowest BCUT2D eigenvalue weighted by molar-refractivity contribution is 0.468. The maximum Gasteiger partial charge on any atom is 0.118 e. The molecule has 0 aliphatic carbocycles. The van der Waals surface area contributed by atoms with Gasteiger partial charge < -0.3 is 5.11 Å². The molecule has 0 aliphatic rings. The maximum absolute atomic E-state index is 9.62. The summed E-state index contributed by atoms with van der Waals surface area (Å²) >= 11 is 1.62. The van der Waals surface area contributed by atoms with E-state index in [1.54, 1.807) is 17.8 Å². The highest BCUT2D eigenvalue weighted by molar-refractivity contribution is 7.99. The molecule has 2 aromatic carbocycles. The Balaban J connectivity index is 2.20. The van der Waals surface area contributed by atoms with Crippen molar-refractivity contribution < 1.29 is 5.11 Å². The Morgan fingerprint density at radius 2 is 1.78 bits per heavy atom. The van der Waals surface area contributed by atoms with Gasteiger partial charge in [0.15, 0.2) is 0 Å². The van der Waals surface area contributed by atoms with Gasteiger partial charge in [-0.1, -0.05) is 18.7 Å². The Labute approximate surface area is 111 Å². The van der Waals surface area contributed by atoms with Crippen molar-refractivity contribution in [2.45, 2.75) is 23.1 Å². The van der Waals surface area contributed by atoms with Crippen molar-refractivity contribution >= 4 is 11.8 Å². The molecule has 0 unspecified atom stereocenters. The number of phenols is 1. The first-order chi connectivity index (χ1) is 8.72. The van der Waals surface area contributed by atoms with Crippen molar-refractivity contribution in [3.63, 3.8) is 0 Å². The van der Waals surface area contributed by atoms with Gasteiger partial charge in [0.2, 0.25) is 0 Å². The minimum absolute atomic E-state index is 0.349. The first kappa shape index (κ1) is 12.5. The summed E-state index contributed by atoms with van der Waals surface area (Å²) in [6.45, 7) is 2.02. The van der Waals surface area contributed by atoms with Crippen LogP contribution < -0.4 is 0 Å². The topological polar surface area (TPSA) is 44.0 Å². The molecule has 0 aromatic heterocycles. The van der Waals surface area contributed by atoms with Crippen molar-refractivity contribution in [3.8, 4) is 11.8 Å². The van der Waals surface area contributed by atoms with Crippen LogP contribution in [0.15, 0.2) is 52.3 Å². The van der Waals surface area contributed by atoms with Crippen molar-refractivity contribution in [2.75, 3.05) is 0 Å². The Morgan fingerprint density at radius 1 is 1.11 bits per heavy atom. The predicted octanol–water partition coefficient (Wildman–Crippen LogP) is 3.98. The highest BCUT2D eigenvalue weighted by atomic mass is 32.2. The highest BCUT2D eigenvalue weighted by Gasteiger charge is 2.03. The van der Waals surface area contributed by atoms with Crippen LogP contribution in [0.1, 0.15) is 18.1 Å². The number of benzene rings is 2. The van der Waals surface area contributed by atoms with Gasteiger partial charge in [-0.25, -0.2) is 0 Å². The molecule has 90 valence electrons. The second-order valence-electron chi connectivity index (χ2n) is 3.88. The fraction of sp³-hybridized carbons (Fsp3) is 0.133. The first-order valence-corrected chi connectivity index (χ1v) is 6.54. The third kappa shape index (κ3) is 2.85. The minimum atomic E-state index is 0.349. The summed E-state index contributed by atoms with van der Waals surface area (Å²) in [5.74, 6) is 0.349. The summed E-state index contributed by atoms with van der Waals surface area (Å²) in [5.41, 5.74) is 1.62. The monoisotopic (exact) mass is 255 g/mol. The van der Waals surface area contributed by atoms with Gasteiger partial charge in [-0.15, -0.1) is 0 Å². The summed E-state index contributed by atoms with van der Waals surface area (Å²) < 4.78 is 0. The molecular weight excluding hydrogens is 242 g/mol. The molecule has 2 rings (SSSR count). The van der Waals surface area contributed by atoms with E-state index >= 15 is 0 Å². The fourth-order valence-corrected chi connectivity index (χ4v) is 2.52. The molecule has 0 saturated carbocycles. The van der Waals surface area contributed by atoms with E-state index < -0.39 is 0 Å². The van der Waals surface area contributed by atoms with Gasteiger partial charge in [0.25, 0.3) is 0 Å². The molecule has 3 heteroatoms. The molecule has 0 saturated heterocycles. The SMILES string of the molecule is CCc1cc(Sc2ccc(C#N)cc2)ccc1O. The van der Waals surface area contributed by atoms with E-state index in [1.807, 2.05) is 43.3 Å². The maximum atomic E-state index is 9.62. The van der Waals surface area contributed by atoms with E-state index in [1.165, 1.54) is 0 Å². The van der Waals surface area contributed by atoms with Crippen LogP contribution in [0.25, 0.3) is 0 Å². The lowest BCUT2D eigenvalue weighted by Crippen LogP contribution is -1.83. The summed E-state index contributed by atoms with van der Waals surface area (Å²) in [4.78, 5) is 2.18. The van der Waals surface area contributed by atoms with Crippen LogP contribution >= 0.6 is 11.8 Å². The van der Waals surface area contributed by atoms with Crippen LogP contribution in [-0.4, -0.2) is 5.11 Å². The largest absolute Gasteiger partial charge is 0.508 e. The van der Waals surface area contributed by atoms with Crippen LogP contribution in [-0.2, 0) is 6.42 Å². The van der Waals surface area contributed by atoms with E-state index in [0.717, 1.165) is 21.8 Å². The number of aromatic hydroxyl groups is 1. The number of rotatable bonds is 3. The molecule has 1 N–H and O–H groups in total. The summed E-state index contributed by atoms with van der Waals surface area (Å²) in [6, 6.07) is 15.2. The fourth-order valence-electron chi connectivity index (χ4n) is 1.64. The number of aryl methyl sites for hydroxylation is 1. The Hall–Kier alpha value is -1.92. The van der Waals surface area contributed by atoms with Crippen LogP contribution in [0.3, 0.4) is 0 Å². The van der Waals surface area contributed by atoms with E-state index in [-0.39, 0.29) is 0 Å². The molecule has 0 heterocycles. The van der Waals surface area contributed by atoms with Gasteiger partial charge in [0, 0.05) is 9.79 Å². The lowest BCUT2D eigenvalue weighted by atomic mass is 10.1. The smallest absolute Gasteiger partial charge is 0.118 e. The number of nitrogens with zero attached hydrogens (tertiary/aromatic N) is 1. The summed E-state index contributed by atoms with van der Waals surface area (Å²) in [5, 5.41) is 18.4. The second kappa shape index (κ2) is 5.61. The Kier molecular flexibility index (Phi) is 3.91. The van der Waals surface area contributed by atoms with Gasteiger partial charge in [0.05, 0.1) is 11.6 Å². The van der Waals surface area contributed by atoms with Crippen molar-refractivity contribution in [2.24, 2.45) is 0 Å². The zero-order valence-corrected chi connectivity index (χ0v) is 10.9. The molecule has 0 amide bonds. The van der Waals surface area contributed by atoms with Crippen LogP contribution in [0.4, 0.5) is 0 Å². The van der Waals surface area contributed by atoms with Gasteiger partial charge in [-0.2, -0.15) is 5.26 Å². The molecule has 18 heavy (non-hydrogen) atoms. The third-order valence-electron chi connectivity index (χ3n) is 2.65. The number of hydrogen-bond acceptors (Lipinski definition) is 3. The second-order valence-corrected chi connectivity index (χ2v) is 5.03. The number of phenolic OH excluding ortho intramolecular Hbond substituents is 1. The molecule has 0 radical (unpaired) electrons. The van der Waals surface area contributed by atoms with Crippen molar-refractivity contribution in [1.29, 1.82) is 5.26 Å². The molecule has 0 spiro atoms. The standard InChI is InChI=1S/C15H13NOS/c1-2-12-9-14(7-8-15(12)17)18-13-5-3-11(10-16)4-6-13/h3-9,17H,2H2,1H3.